The van der Waals surface area contributed by atoms with Crippen molar-refractivity contribution in [3.05, 3.63) is 0 Å². The van der Waals surface area contributed by atoms with E-state index in [1.165, 1.54) is 18.7 Å². The van der Waals surface area contributed by atoms with Crippen LogP contribution in [0.25, 0.3) is 0 Å². The van der Waals surface area contributed by atoms with E-state index in [4.69, 9.17) is 21.1 Å². The zero-order valence-corrected chi connectivity index (χ0v) is 17.2. The van der Waals surface area contributed by atoms with Gasteiger partial charge in [-0.3, -0.25) is 24.0 Å². The number of carbonyl (C=O) groups is 6. The zero-order chi connectivity index (χ0) is 23.4. The van der Waals surface area contributed by atoms with Crippen molar-refractivity contribution in [2.24, 2.45) is 5.73 Å². The van der Waals surface area contributed by atoms with E-state index in [-0.39, 0.29) is 6.42 Å². The molecule has 3 amide bonds. The Bertz CT molecular complexity index is 673. The Hall–Kier alpha value is -2.87. The standard InChI is InChI=1S/C16H26N4O9S/c1-7(18-14(26)8(17)5-11(21)22)13(25)19-9(3-4-30-2)15(27)20-10(16(28)29)6-12(23)24/h7-10H,3-6,17H2,1-2H3,(H,18,26)(H,19,25)(H,20,27)(H,21,22)(H,23,24)(H,28,29). The number of amides is 3. The lowest BCUT2D eigenvalue weighted by Crippen LogP contribution is -2.56. The molecular formula is C16H26N4O9S. The molecule has 0 saturated carbocycles. The van der Waals surface area contributed by atoms with Crippen LogP contribution in [0.5, 0.6) is 0 Å². The summed E-state index contributed by atoms with van der Waals surface area (Å²) in [7, 11) is 0. The lowest BCUT2D eigenvalue weighted by atomic mass is 10.1. The van der Waals surface area contributed by atoms with Gasteiger partial charge in [0.15, 0.2) is 0 Å². The van der Waals surface area contributed by atoms with Gasteiger partial charge in [0.05, 0.1) is 18.9 Å². The second-order valence-corrected chi connectivity index (χ2v) is 7.26. The Morgan fingerprint density at radius 1 is 0.833 bits per heavy atom. The van der Waals surface area contributed by atoms with Crippen LogP contribution in [0, 0.1) is 0 Å². The van der Waals surface area contributed by atoms with Gasteiger partial charge in [-0.25, -0.2) is 4.79 Å². The van der Waals surface area contributed by atoms with E-state index < -0.39 is 72.6 Å². The average molecular weight is 450 g/mol. The summed E-state index contributed by atoms with van der Waals surface area (Å²) in [5.74, 6) is -6.42. The van der Waals surface area contributed by atoms with E-state index >= 15 is 0 Å². The quantitative estimate of drug-likeness (QED) is 0.147. The van der Waals surface area contributed by atoms with Crippen LogP contribution in [-0.4, -0.2) is 87.1 Å². The summed E-state index contributed by atoms with van der Waals surface area (Å²) < 4.78 is 0. The zero-order valence-electron chi connectivity index (χ0n) is 16.4. The third kappa shape index (κ3) is 10.6. The lowest BCUT2D eigenvalue weighted by Gasteiger charge is -2.23. The Labute approximate surface area is 176 Å². The first-order valence-corrected chi connectivity index (χ1v) is 10.1. The molecular weight excluding hydrogens is 424 g/mol. The van der Waals surface area contributed by atoms with Crippen molar-refractivity contribution in [3.8, 4) is 0 Å². The SMILES string of the molecule is CSCCC(NC(=O)C(C)NC(=O)C(N)CC(=O)O)C(=O)NC(CC(=O)O)C(=O)O. The normalized spacial score (nSPS) is 14.5. The van der Waals surface area contributed by atoms with Crippen molar-refractivity contribution in [3.63, 3.8) is 0 Å². The van der Waals surface area contributed by atoms with E-state index in [2.05, 4.69) is 16.0 Å². The van der Waals surface area contributed by atoms with Gasteiger partial charge in [-0.1, -0.05) is 0 Å². The minimum atomic E-state index is -1.69. The van der Waals surface area contributed by atoms with Crippen LogP contribution in [-0.2, 0) is 28.8 Å². The highest BCUT2D eigenvalue weighted by molar-refractivity contribution is 7.98. The third-order valence-corrected chi connectivity index (χ3v) is 4.36. The summed E-state index contributed by atoms with van der Waals surface area (Å²) in [6.07, 6.45) is 0.364. The molecule has 0 spiro atoms. The first-order chi connectivity index (χ1) is 13.9. The molecule has 0 heterocycles. The van der Waals surface area contributed by atoms with Crippen LogP contribution in [0.4, 0.5) is 0 Å². The highest BCUT2D eigenvalue weighted by Gasteiger charge is 2.29. The van der Waals surface area contributed by atoms with E-state index in [0.29, 0.717) is 5.75 Å². The van der Waals surface area contributed by atoms with Crippen LogP contribution >= 0.6 is 11.8 Å². The fourth-order valence-corrected chi connectivity index (χ4v) is 2.59. The molecule has 170 valence electrons. The van der Waals surface area contributed by atoms with E-state index in [9.17, 15) is 28.8 Å². The topological polar surface area (TPSA) is 225 Å². The molecule has 0 aliphatic rings. The largest absolute Gasteiger partial charge is 0.481 e. The van der Waals surface area contributed by atoms with Gasteiger partial charge in [0.25, 0.3) is 0 Å². The van der Waals surface area contributed by atoms with Crippen molar-refractivity contribution in [1.29, 1.82) is 0 Å². The maximum atomic E-state index is 12.4. The first-order valence-electron chi connectivity index (χ1n) is 8.71. The minimum absolute atomic E-state index is 0.108. The molecule has 14 heteroatoms. The molecule has 0 saturated heterocycles. The number of rotatable bonds is 14. The summed E-state index contributed by atoms with van der Waals surface area (Å²) >= 11 is 1.36. The predicted octanol–water partition coefficient (Wildman–Crippen LogP) is -2.42. The smallest absolute Gasteiger partial charge is 0.326 e. The van der Waals surface area contributed by atoms with Gasteiger partial charge in [-0.15, -0.1) is 0 Å². The van der Waals surface area contributed by atoms with Crippen molar-refractivity contribution >= 4 is 47.4 Å². The highest BCUT2D eigenvalue weighted by Crippen LogP contribution is 2.04. The lowest BCUT2D eigenvalue weighted by molar-refractivity contribution is -0.147. The minimum Gasteiger partial charge on any atom is -0.481 e. The van der Waals surface area contributed by atoms with Gasteiger partial charge in [0, 0.05) is 0 Å². The summed E-state index contributed by atoms with van der Waals surface area (Å²) in [6.45, 7) is 1.29. The Balaban J connectivity index is 5.08. The van der Waals surface area contributed by atoms with Crippen LogP contribution in [0.2, 0.25) is 0 Å². The second-order valence-electron chi connectivity index (χ2n) is 6.27. The van der Waals surface area contributed by atoms with Crippen molar-refractivity contribution < 1.29 is 44.1 Å². The van der Waals surface area contributed by atoms with Gasteiger partial charge in [-0.2, -0.15) is 11.8 Å². The van der Waals surface area contributed by atoms with Gasteiger partial charge < -0.3 is 37.0 Å². The molecule has 4 atom stereocenters. The van der Waals surface area contributed by atoms with E-state index in [0.717, 1.165) is 0 Å². The molecule has 0 aliphatic carbocycles. The number of aliphatic carboxylic acids is 3. The van der Waals surface area contributed by atoms with Crippen molar-refractivity contribution in [2.75, 3.05) is 12.0 Å². The van der Waals surface area contributed by atoms with Crippen molar-refractivity contribution in [1.82, 2.24) is 16.0 Å². The molecule has 0 aromatic heterocycles. The molecule has 0 rings (SSSR count). The number of hydrogen-bond acceptors (Lipinski definition) is 8. The van der Waals surface area contributed by atoms with Crippen LogP contribution in [0.3, 0.4) is 0 Å². The van der Waals surface area contributed by atoms with Crippen LogP contribution in [0.15, 0.2) is 0 Å². The molecule has 0 bridgehead atoms. The van der Waals surface area contributed by atoms with Gasteiger partial charge in [0.1, 0.15) is 18.1 Å². The number of nitrogens with two attached hydrogens (primary N) is 1. The predicted molar refractivity (Wildman–Crippen MR) is 105 cm³/mol. The molecule has 0 aromatic rings. The van der Waals surface area contributed by atoms with Gasteiger partial charge in [0.2, 0.25) is 17.7 Å². The second kappa shape index (κ2) is 13.4. The van der Waals surface area contributed by atoms with Crippen LogP contribution in [0.1, 0.15) is 26.2 Å². The summed E-state index contributed by atoms with van der Waals surface area (Å²) in [6, 6.07) is -5.42. The summed E-state index contributed by atoms with van der Waals surface area (Å²) in [5, 5.41) is 33.1. The molecule has 0 aliphatic heterocycles. The highest BCUT2D eigenvalue weighted by atomic mass is 32.2. The maximum Gasteiger partial charge on any atom is 0.326 e. The van der Waals surface area contributed by atoms with E-state index in [1.54, 1.807) is 6.26 Å². The molecule has 8 N–H and O–H groups in total. The number of carbonyl (C=O) groups excluding carboxylic acids is 3. The fourth-order valence-electron chi connectivity index (χ4n) is 2.12. The first kappa shape index (κ1) is 27.1. The monoisotopic (exact) mass is 450 g/mol. The number of carboxylic acids is 3. The molecule has 4 unspecified atom stereocenters. The Morgan fingerprint density at radius 2 is 1.37 bits per heavy atom. The van der Waals surface area contributed by atoms with Crippen LogP contribution < -0.4 is 21.7 Å². The number of thioether (sulfide) groups is 1. The molecule has 13 nitrogen and oxygen atoms in total. The summed E-state index contributed by atoms with van der Waals surface area (Å²) in [4.78, 5) is 69.0. The molecule has 30 heavy (non-hydrogen) atoms. The third-order valence-electron chi connectivity index (χ3n) is 3.72. The summed E-state index contributed by atoms with van der Waals surface area (Å²) in [5.41, 5.74) is 5.41. The van der Waals surface area contributed by atoms with Crippen molar-refractivity contribution in [2.45, 2.75) is 50.4 Å². The number of nitrogens with one attached hydrogen (secondary N) is 3. The molecule has 0 fully saturated rings. The number of hydrogen-bond donors (Lipinski definition) is 7. The van der Waals surface area contributed by atoms with E-state index in [1.807, 2.05) is 0 Å². The number of carboxylic acid groups (broad SMARTS) is 3. The molecule has 0 aromatic carbocycles. The Kier molecular flexibility index (Phi) is 12.1. The maximum absolute atomic E-state index is 12.4. The fraction of sp³-hybridized carbons (Fsp3) is 0.625. The Morgan fingerprint density at radius 3 is 1.83 bits per heavy atom. The van der Waals surface area contributed by atoms with Gasteiger partial charge >= 0.3 is 17.9 Å². The average Bonchev–Trinajstić information content (AvgIpc) is 2.62. The molecule has 0 radical (unpaired) electrons. The van der Waals surface area contributed by atoms with Gasteiger partial charge in [-0.05, 0) is 25.4 Å².